The second-order valence-corrected chi connectivity index (χ2v) is 3.26. The van der Waals surface area contributed by atoms with Crippen molar-refractivity contribution < 1.29 is 9.90 Å². The molecular formula is C10H11NO2. The number of aromatic hydroxyl groups is 1. The van der Waals surface area contributed by atoms with E-state index < -0.39 is 0 Å². The first-order valence-electron chi connectivity index (χ1n) is 4.32. The Morgan fingerprint density at radius 3 is 2.77 bits per heavy atom. The van der Waals surface area contributed by atoms with Crippen LogP contribution < -0.4 is 5.32 Å². The summed E-state index contributed by atoms with van der Waals surface area (Å²) in [6.07, 6.45) is 0.484. The predicted molar refractivity (Wildman–Crippen MR) is 48.5 cm³/mol. The van der Waals surface area contributed by atoms with Crippen LogP contribution in [0.15, 0.2) is 24.3 Å². The van der Waals surface area contributed by atoms with Crippen LogP contribution in [0, 0.1) is 0 Å². The van der Waals surface area contributed by atoms with Crippen LogP contribution in [-0.4, -0.2) is 17.6 Å². The molecule has 1 heterocycles. The SMILES string of the molecule is O=C1C[C@@H](c2ccccc2O)CN1. The Labute approximate surface area is 76.4 Å². The second-order valence-electron chi connectivity index (χ2n) is 3.26. The summed E-state index contributed by atoms with van der Waals surface area (Å²) in [6, 6.07) is 7.17. The molecule has 0 aliphatic carbocycles. The summed E-state index contributed by atoms with van der Waals surface area (Å²) in [5, 5.41) is 12.3. The van der Waals surface area contributed by atoms with Crippen molar-refractivity contribution in [2.24, 2.45) is 0 Å². The highest BCUT2D eigenvalue weighted by Gasteiger charge is 2.24. The number of amides is 1. The molecule has 1 amide bonds. The molecule has 0 spiro atoms. The monoisotopic (exact) mass is 177 g/mol. The van der Waals surface area contributed by atoms with Gasteiger partial charge in [-0.2, -0.15) is 0 Å². The van der Waals surface area contributed by atoms with E-state index in [0.29, 0.717) is 13.0 Å². The minimum atomic E-state index is 0.0632. The maximum Gasteiger partial charge on any atom is 0.220 e. The summed E-state index contributed by atoms with van der Waals surface area (Å²) in [4.78, 5) is 10.9. The fourth-order valence-electron chi connectivity index (χ4n) is 1.66. The lowest BCUT2D eigenvalue weighted by Gasteiger charge is -2.08. The molecule has 1 atom stereocenters. The summed E-state index contributed by atoms with van der Waals surface area (Å²) in [5.74, 6) is 0.478. The van der Waals surface area contributed by atoms with E-state index in [0.717, 1.165) is 5.56 Å². The van der Waals surface area contributed by atoms with Gasteiger partial charge in [0.2, 0.25) is 5.91 Å². The molecular weight excluding hydrogens is 166 g/mol. The van der Waals surface area contributed by atoms with Crippen molar-refractivity contribution in [2.75, 3.05) is 6.54 Å². The molecule has 3 heteroatoms. The molecule has 0 bridgehead atoms. The van der Waals surface area contributed by atoms with Crippen molar-refractivity contribution in [3.63, 3.8) is 0 Å². The van der Waals surface area contributed by atoms with Crippen molar-refractivity contribution in [1.29, 1.82) is 0 Å². The summed E-state index contributed by atoms with van der Waals surface area (Å²) in [7, 11) is 0. The first kappa shape index (κ1) is 8.10. The lowest BCUT2D eigenvalue weighted by molar-refractivity contribution is -0.119. The number of benzene rings is 1. The van der Waals surface area contributed by atoms with E-state index in [-0.39, 0.29) is 17.6 Å². The highest BCUT2D eigenvalue weighted by atomic mass is 16.3. The number of phenolic OH excluding ortho intramolecular Hbond substituents is 1. The van der Waals surface area contributed by atoms with E-state index in [1.165, 1.54) is 0 Å². The minimum absolute atomic E-state index is 0.0632. The normalized spacial score (nSPS) is 21.5. The molecule has 2 N–H and O–H groups in total. The molecule has 1 aromatic carbocycles. The molecule has 0 aromatic heterocycles. The molecule has 0 radical (unpaired) electrons. The van der Waals surface area contributed by atoms with E-state index in [9.17, 15) is 9.90 Å². The van der Waals surface area contributed by atoms with Gasteiger partial charge in [0, 0.05) is 18.9 Å². The van der Waals surface area contributed by atoms with Crippen LogP contribution in [0.1, 0.15) is 17.9 Å². The number of carbonyl (C=O) groups is 1. The molecule has 1 aliphatic rings. The van der Waals surface area contributed by atoms with Gasteiger partial charge in [-0.1, -0.05) is 18.2 Å². The van der Waals surface area contributed by atoms with E-state index in [1.54, 1.807) is 12.1 Å². The fourth-order valence-corrected chi connectivity index (χ4v) is 1.66. The third-order valence-electron chi connectivity index (χ3n) is 2.35. The molecule has 13 heavy (non-hydrogen) atoms. The molecule has 2 rings (SSSR count). The van der Waals surface area contributed by atoms with Gasteiger partial charge in [0.15, 0.2) is 0 Å². The summed E-state index contributed by atoms with van der Waals surface area (Å²) in [6.45, 7) is 0.635. The third-order valence-corrected chi connectivity index (χ3v) is 2.35. The Balaban J connectivity index is 2.26. The maximum atomic E-state index is 10.9. The first-order valence-corrected chi connectivity index (χ1v) is 4.32. The van der Waals surface area contributed by atoms with Gasteiger partial charge in [-0.25, -0.2) is 0 Å². The topological polar surface area (TPSA) is 49.3 Å². The van der Waals surface area contributed by atoms with Gasteiger partial charge in [-0.15, -0.1) is 0 Å². The largest absolute Gasteiger partial charge is 0.508 e. The molecule has 1 aliphatic heterocycles. The van der Waals surface area contributed by atoms with Crippen LogP contribution in [-0.2, 0) is 4.79 Å². The minimum Gasteiger partial charge on any atom is -0.508 e. The van der Waals surface area contributed by atoms with Crippen molar-refractivity contribution in [1.82, 2.24) is 5.32 Å². The summed E-state index contributed by atoms with van der Waals surface area (Å²) >= 11 is 0. The van der Waals surface area contributed by atoms with Gasteiger partial charge < -0.3 is 10.4 Å². The average Bonchev–Trinajstić information content (AvgIpc) is 2.53. The molecule has 1 aromatic rings. The van der Waals surface area contributed by atoms with Crippen molar-refractivity contribution in [3.05, 3.63) is 29.8 Å². The molecule has 0 saturated carbocycles. The fraction of sp³-hybridized carbons (Fsp3) is 0.300. The van der Waals surface area contributed by atoms with Crippen LogP contribution in [0.5, 0.6) is 5.75 Å². The van der Waals surface area contributed by atoms with E-state index >= 15 is 0 Å². The number of nitrogens with one attached hydrogen (secondary N) is 1. The quantitative estimate of drug-likeness (QED) is 0.672. The maximum absolute atomic E-state index is 10.9. The van der Waals surface area contributed by atoms with Crippen LogP contribution >= 0.6 is 0 Å². The van der Waals surface area contributed by atoms with E-state index in [4.69, 9.17) is 0 Å². The summed E-state index contributed by atoms with van der Waals surface area (Å²) in [5.41, 5.74) is 0.862. The van der Waals surface area contributed by atoms with E-state index in [1.807, 2.05) is 12.1 Å². The number of phenols is 1. The highest BCUT2D eigenvalue weighted by Crippen LogP contribution is 2.29. The lowest BCUT2D eigenvalue weighted by Crippen LogP contribution is -2.13. The zero-order chi connectivity index (χ0) is 9.26. The van der Waals surface area contributed by atoms with Crippen LogP contribution in [0.2, 0.25) is 0 Å². The van der Waals surface area contributed by atoms with Gasteiger partial charge >= 0.3 is 0 Å². The zero-order valence-electron chi connectivity index (χ0n) is 7.16. The number of hydrogen-bond donors (Lipinski definition) is 2. The van der Waals surface area contributed by atoms with Crippen LogP contribution in [0.4, 0.5) is 0 Å². The number of carbonyl (C=O) groups excluding carboxylic acids is 1. The standard InChI is InChI=1S/C10H11NO2/c12-9-4-2-1-3-8(9)7-5-10(13)11-6-7/h1-4,7,12H,5-6H2,(H,11,13)/t7-/m1/s1. The predicted octanol–water partition coefficient (Wildman–Crippen LogP) is 0.996. The van der Waals surface area contributed by atoms with Gasteiger partial charge in [0.1, 0.15) is 5.75 Å². The van der Waals surface area contributed by atoms with Gasteiger partial charge in [-0.05, 0) is 11.6 Å². The third kappa shape index (κ3) is 1.49. The second kappa shape index (κ2) is 3.09. The number of para-hydroxylation sites is 1. The van der Waals surface area contributed by atoms with Gasteiger partial charge in [0.05, 0.1) is 0 Å². The Bertz CT molecular complexity index is 335. The van der Waals surface area contributed by atoms with Crippen LogP contribution in [0.25, 0.3) is 0 Å². The molecule has 0 unspecified atom stereocenters. The van der Waals surface area contributed by atoms with Crippen molar-refractivity contribution in [2.45, 2.75) is 12.3 Å². The Hall–Kier alpha value is -1.51. The lowest BCUT2D eigenvalue weighted by atomic mass is 9.97. The van der Waals surface area contributed by atoms with Crippen molar-refractivity contribution in [3.8, 4) is 5.75 Å². The Kier molecular flexibility index (Phi) is 1.93. The smallest absolute Gasteiger partial charge is 0.220 e. The molecule has 3 nitrogen and oxygen atoms in total. The van der Waals surface area contributed by atoms with Gasteiger partial charge in [-0.3, -0.25) is 4.79 Å². The number of hydrogen-bond acceptors (Lipinski definition) is 2. The summed E-state index contributed by atoms with van der Waals surface area (Å²) < 4.78 is 0. The number of rotatable bonds is 1. The molecule has 68 valence electrons. The zero-order valence-corrected chi connectivity index (χ0v) is 7.16. The highest BCUT2D eigenvalue weighted by molar-refractivity contribution is 5.79. The van der Waals surface area contributed by atoms with Crippen molar-refractivity contribution >= 4 is 5.91 Å². The van der Waals surface area contributed by atoms with Gasteiger partial charge in [0.25, 0.3) is 0 Å². The average molecular weight is 177 g/mol. The Morgan fingerprint density at radius 2 is 2.15 bits per heavy atom. The van der Waals surface area contributed by atoms with E-state index in [2.05, 4.69) is 5.32 Å². The molecule has 1 saturated heterocycles. The Morgan fingerprint density at radius 1 is 1.38 bits per heavy atom. The van der Waals surface area contributed by atoms with Crippen LogP contribution in [0.3, 0.4) is 0 Å². The molecule has 1 fully saturated rings. The first-order chi connectivity index (χ1) is 6.27.